The molecule has 0 aliphatic rings. The second kappa shape index (κ2) is 8.21. The first-order valence-corrected chi connectivity index (χ1v) is 6.80. The number of nitrogens with one attached hydrogen (secondary N) is 1. The van der Waals surface area contributed by atoms with Gasteiger partial charge in [0.25, 0.3) is 5.69 Å². The number of aliphatic hydroxyl groups excluding tert-OH is 1. The third-order valence-corrected chi connectivity index (χ3v) is 3.07. The van der Waals surface area contributed by atoms with Crippen LogP contribution in [0.5, 0.6) is 0 Å². The number of rotatable bonds is 8. The van der Waals surface area contributed by atoms with Gasteiger partial charge in [0.1, 0.15) is 5.69 Å². The molecule has 116 valence electrons. The summed E-state index contributed by atoms with van der Waals surface area (Å²) < 4.78 is 0. The van der Waals surface area contributed by atoms with Crippen molar-refractivity contribution < 1.29 is 14.8 Å². The molecule has 0 aliphatic carbocycles. The van der Waals surface area contributed by atoms with Crippen LogP contribution < -0.4 is 10.2 Å². The number of nitro benzene ring substituents is 1. The number of carbonyl (C=O) groups is 1. The van der Waals surface area contributed by atoms with E-state index < -0.39 is 4.92 Å². The Balaban J connectivity index is 2.62. The van der Waals surface area contributed by atoms with Gasteiger partial charge in [-0.3, -0.25) is 14.9 Å². The van der Waals surface area contributed by atoms with Gasteiger partial charge in [0, 0.05) is 25.8 Å². The second-order valence-corrected chi connectivity index (χ2v) is 4.94. The van der Waals surface area contributed by atoms with Crippen LogP contribution in [-0.4, -0.2) is 42.2 Å². The second-order valence-electron chi connectivity index (χ2n) is 4.94. The molecule has 21 heavy (non-hydrogen) atoms. The van der Waals surface area contributed by atoms with Gasteiger partial charge in [-0.2, -0.15) is 0 Å². The minimum atomic E-state index is -0.465. The van der Waals surface area contributed by atoms with E-state index in [9.17, 15) is 14.9 Å². The normalized spacial score (nSPS) is 11.8. The number of anilines is 1. The van der Waals surface area contributed by atoms with E-state index >= 15 is 0 Å². The van der Waals surface area contributed by atoms with Crippen LogP contribution in [0.2, 0.25) is 0 Å². The quantitative estimate of drug-likeness (QED) is 0.557. The van der Waals surface area contributed by atoms with Crippen LogP contribution in [-0.2, 0) is 4.79 Å². The average molecular weight is 295 g/mol. The van der Waals surface area contributed by atoms with Gasteiger partial charge in [0.15, 0.2) is 0 Å². The minimum absolute atomic E-state index is 0.0267. The molecule has 7 nitrogen and oxygen atoms in total. The van der Waals surface area contributed by atoms with Crippen molar-refractivity contribution in [3.8, 4) is 0 Å². The van der Waals surface area contributed by atoms with E-state index in [0.29, 0.717) is 18.5 Å². The fourth-order valence-electron chi connectivity index (χ4n) is 2.03. The summed E-state index contributed by atoms with van der Waals surface area (Å²) in [4.78, 5) is 23.9. The van der Waals surface area contributed by atoms with Crippen molar-refractivity contribution in [3.05, 3.63) is 34.4 Å². The number of amides is 1. The molecule has 0 aliphatic heterocycles. The third kappa shape index (κ3) is 5.39. The summed E-state index contributed by atoms with van der Waals surface area (Å²) in [5.74, 6) is -0.207. The molecule has 1 rings (SSSR count). The summed E-state index contributed by atoms with van der Waals surface area (Å²) in [7, 11) is 1.64. The number of aliphatic hydroxyl groups is 1. The fourth-order valence-corrected chi connectivity index (χ4v) is 2.03. The Hall–Kier alpha value is -2.15. The highest BCUT2D eigenvalue weighted by molar-refractivity contribution is 5.82. The summed E-state index contributed by atoms with van der Waals surface area (Å²) in [5.41, 5.74) is 0.377. The van der Waals surface area contributed by atoms with Crippen LogP contribution in [0.25, 0.3) is 0 Å². The van der Waals surface area contributed by atoms with Crippen molar-refractivity contribution >= 4 is 17.3 Å². The van der Waals surface area contributed by atoms with Gasteiger partial charge in [-0.15, -0.1) is 0 Å². The highest BCUT2D eigenvalue weighted by atomic mass is 16.6. The topological polar surface area (TPSA) is 95.7 Å². The first-order chi connectivity index (χ1) is 9.95. The molecule has 0 spiro atoms. The molecule has 1 aromatic carbocycles. The maximum Gasteiger partial charge on any atom is 0.292 e. The zero-order valence-corrected chi connectivity index (χ0v) is 12.3. The van der Waals surface area contributed by atoms with E-state index in [1.165, 1.54) is 6.07 Å². The highest BCUT2D eigenvalue weighted by Crippen LogP contribution is 2.26. The molecular formula is C14H21N3O4. The molecule has 0 saturated carbocycles. The van der Waals surface area contributed by atoms with Gasteiger partial charge >= 0.3 is 0 Å². The SMILES string of the molecule is CC(CCCO)NC(=O)CN(C)c1ccccc1[N+](=O)[O-]. The number of para-hydroxylation sites is 2. The van der Waals surface area contributed by atoms with Gasteiger partial charge in [-0.25, -0.2) is 0 Å². The molecule has 0 bridgehead atoms. The minimum Gasteiger partial charge on any atom is -0.396 e. The van der Waals surface area contributed by atoms with Gasteiger partial charge in [-0.1, -0.05) is 12.1 Å². The Labute approximate surface area is 123 Å². The molecule has 0 radical (unpaired) electrons. The summed E-state index contributed by atoms with van der Waals surface area (Å²) in [6.07, 6.45) is 1.32. The van der Waals surface area contributed by atoms with Gasteiger partial charge in [0.2, 0.25) is 5.91 Å². The van der Waals surface area contributed by atoms with Crippen molar-refractivity contribution in [1.82, 2.24) is 5.32 Å². The summed E-state index contributed by atoms with van der Waals surface area (Å²) in [6, 6.07) is 6.27. The van der Waals surface area contributed by atoms with Crippen LogP contribution in [0.15, 0.2) is 24.3 Å². The number of nitro groups is 1. The van der Waals surface area contributed by atoms with E-state index in [0.717, 1.165) is 0 Å². The van der Waals surface area contributed by atoms with E-state index in [-0.39, 0.29) is 30.8 Å². The largest absolute Gasteiger partial charge is 0.396 e. The van der Waals surface area contributed by atoms with E-state index in [1.54, 1.807) is 30.1 Å². The number of carbonyl (C=O) groups excluding carboxylic acids is 1. The zero-order chi connectivity index (χ0) is 15.8. The Morgan fingerprint density at radius 3 is 2.76 bits per heavy atom. The van der Waals surface area contributed by atoms with Crippen LogP contribution in [0, 0.1) is 10.1 Å². The molecule has 1 unspecified atom stereocenters. The number of benzene rings is 1. The van der Waals surface area contributed by atoms with Crippen molar-refractivity contribution in [2.75, 3.05) is 25.1 Å². The molecule has 1 amide bonds. The Bertz CT molecular complexity index is 493. The smallest absolute Gasteiger partial charge is 0.292 e. The molecule has 0 aromatic heterocycles. The maximum atomic E-state index is 11.9. The van der Waals surface area contributed by atoms with E-state index in [4.69, 9.17) is 5.11 Å². The number of hydrogen-bond donors (Lipinski definition) is 2. The van der Waals surface area contributed by atoms with Crippen molar-refractivity contribution in [2.24, 2.45) is 0 Å². The highest BCUT2D eigenvalue weighted by Gasteiger charge is 2.18. The molecule has 1 atom stereocenters. The van der Waals surface area contributed by atoms with Crippen molar-refractivity contribution in [2.45, 2.75) is 25.8 Å². The Morgan fingerprint density at radius 1 is 1.48 bits per heavy atom. The summed E-state index contributed by atoms with van der Waals surface area (Å²) >= 11 is 0. The van der Waals surface area contributed by atoms with Crippen LogP contribution in [0.3, 0.4) is 0 Å². The molecule has 2 N–H and O–H groups in total. The first-order valence-electron chi connectivity index (χ1n) is 6.80. The lowest BCUT2D eigenvalue weighted by Crippen LogP contribution is -2.40. The molecule has 7 heteroatoms. The summed E-state index contributed by atoms with van der Waals surface area (Å²) in [5, 5.41) is 22.5. The molecule has 0 heterocycles. The lowest BCUT2D eigenvalue weighted by atomic mass is 10.2. The Kier molecular flexibility index (Phi) is 6.61. The Morgan fingerprint density at radius 2 is 2.14 bits per heavy atom. The van der Waals surface area contributed by atoms with E-state index in [1.807, 2.05) is 6.92 Å². The predicted octanol–water partition coefficient (Wildman–Crippen LogP) is 1.31. The molecule has 1 aromatic rings. The van der Waals surface area contributed by atoms with Crippen LogP contribution >= 0.6 is 0 Å². The fraction of sp³-hybridized carbons (Fsp3) is 0.500. The number of nitrogens with zero attached hydrogens (tertiary/aromatic N) is 2. The average Bonchev–Trinajstić information content (AvgIpc) is 2.44. The van der Waals surface area contributed by atoms with Gasteiger partial charge < -0.3 is 15.3 Å². The van der Waals surface area contributed by atoms with E-state index in [2.05, 4.69) is 5.32 Å². The monoisotopic (exact) mass is 295 g/mol. The van der Waals surface area contributed by atoms with Gasteiger partial charge in [0.05, 0.1) is 11.5 Å². The molecule has 0 saturated heterocycles. The standard InChI is InChI=1S/C14H21N3O4/c1-11(6-5-9-18)15-14(19)10-16(2)12-7-3-4-8-13(12)17(20)21/h3-4,7-8,11,18H,5-6,9-10H2,1-2H3,(H,15,19). The lowest BCUT2D eigenvalue weighted by molar-refractivity contribution is -0.384. The van der Waals surface area contributed by atoms with Crippen molar-refractivity contribution in [3.63, 3.8) is 0 Å². The number of hydrogen-bond acceptors (Lipinski definition) is 5. The predicted molar refractivity (Wildman–Crippen MR) is 80.3 cm³/mol. The van der Waals surface area contributed by atoms with Crippen LogP contribution in [0.4, 0.5) is 11.4 Å². The van der Waals surface area contributed by atoms with Gasteiger partial charge in [-0.05, 0) is 25.8 Å². The zero-order valence-electron chi connectivity index (χ0n) is 12.3. The van der Waals surface area contributed by atoms with Crippen molar-refractivity contribution in [1.29, 1.82) is 0 Å². The molecule has 0 fully saturated rings. The maximum absolute atomic E-state index is 11.9. The summed E-state index contributed by atoms with van der Waals surface area (Å²) in [6.45, 7) is 1.99. The molecular weight excluding hydrogens is 274 g/mol. The number of likely N-dealkylation sites (N-methyl/N-ethyl adjacent to an activating group) is 1. The lowest BCUT2D eigenvalue weighted by Gasteiger charge is -2.20. The third-order valence-electron chi connectivity index (χ3n) is 3.07. The van der Waals surface area contributed by atoms with Crippen LogP contribution in [0.1, 0.15) is 19.8 Å². The first kappa shape index (κ1) is 16.9.